The number of alkyl halides is 3. The number of aromatic nitrogens is 2. The number of halogens is 4. The number of aryl methyl sites for hydroxylation is 1. The molecule has 1 unspecified atom stereocenters. The molecule has 2 aromatic carbocycles. The maximum absolute atomic E-state index is 14.3. The summed E-state index contributed by atoms with van der Waals surface area (Å²) in [7, 11) is -3.74. The first kappa shape index (κ1) is 25.7. The Balaban J connectivity index is 1.64. The van der Waals surface area contributed by atoms with Crippen molar-refractivity contribution in [1.29, 1.82) is 0 Å². The molecule has 192 valence electrons. The van der Waals surface area contributed by atoms with Crippen molar-refractivity contribution in [3.8, 4) is 11.4 Å². The number of hydrogen-bond acceptors (Lipinski definition) is 5. The average molecular weight is 526 g/mol. The third kappa shape index (κ3) is 4.95. The second-order valence-corrected chi connectivity index (χ2v) is 10.8. The number of hydrogen-bond donors (Lipinski definition) is 0. The van der Waals surface area contributed by atoms with Gasteiger partial charge >= 0.3 is 6.18 Å². The molecule has 0 spiro atoms. The maximum Gasteiger partial charge on any atom is 0.425 e. The van der Waals surface area contributed by atoms with Crippen molar-refractivity contribution in [2.45, 2.75) is 51.0 Å². The highest BCUT2D eigenvalue weighted by Crippen LogP contribution is 2.32. The lowest BCUT2D eigenvalue weighted by Gasteiger charge is -2.22. The van der Waals surface area contributed by atoms with Crippen LogP contribution in [-0.4, -0.2) is 47.0 Å². The lowest BCUT2D eigenvalue weighted by molar-refractivity contribution is -0.189. The summed E-state index contributed by atoms with van der Waals surface area (Å²) in [5.41, 5.74) is 1.90. The van der Waals surface area contributed by atoms with Crippen molar-refractivity contribution in [3.05, 3.63) is 70.8 Å². The van der Waals surface area contributed by atoms with E-state index in [4.69, 9.17) is 4.74 Å². The quantitative estimate of drug-likeness (QED) is 0.440. The van der Waals surface area contributed by atoms with Gasteiger partial charge in [-0.3, -0.25) is 4.79 Å². The minimum atomic E-state index is -4.69. The number of rotatable bonds is 6. The lowest BCUT2D eigenvalue weighted by Crippen LogP contribution is -2.33. The van der Waals surface area contributed by atoms with E-state index >= 15 is 0 Å². The van der Waals surface area contributed by atoms with Crippen LogP contribution in [0.4, 0.5) is 17.6 Å². The van der Waals surface area contributed by atoms with Crippen LogP contribution in [-0.2, 0) is 22.9 Å². The predicted molar refractivity (Wildman–Crippen MR) is 122 cm³/mol. The van der Waals surface area contributed by atoms with Gasteiger partial charge in [-0.05, 0) is 49.7 Å². The molecule has 1 aromatic heterocycles. The molecular formula is C24H23F4N3O4S. The van der Waals surface area contributed by atoms with Gasteiger partial charge in [0.15, 0.2) is 15.9 Å². The first-order valence-electron chi connectivity index (χ1n) is 11.0. The van der Waals surface area contributed by atoms with Gasteiger partial charge in [0, 0.05) is 18.3 Å². The fourth-order valence-corrected chi connectivity index (χ4v) is 4.69. The zero-order valence-corrected chi connectivity index (χ0v) is 20.5. The van der Waals surface area contributed by atoms with E-state index in [1.807, 2.05) is 6.92 Å². The monoisotopic (exact) mass is 525 g/mol. The van der Waals surface area contributed by atoms with E-state index in [0.717, 1.165) is 30.7 Å². The van der Waals surface area contributed by atoms with Crippen molar-refractivity contribution in [1.82, 2.24) is 14.7 Å². The van der Waals surface area contributed by atoms with Gasteiger partial charge in [-0.15, -0.1) is 0 Å². The normalized spacial score (nSPS) is 14.6. The Morgan fingerprint density at radius 3 is 2.53 bits per heavy atom. The van der Waals surface area contributed by atoms with Crippen molar-refractivity contribution in [3.63, 3.8) is 0 Å². The summed E-state index contributed by atoms with van der Waals surface area (Å²) in [5, 5.41) is 4.37. The summed E-state index contributed by atoms with van der Waals surface area (Å²) in [6.45, 7) is 4.09. The van der Waals surface area contributed by atoms with Crippen molar-refractivity contribution in [2.75, 3.05) is 5.75 Å². The fourth-order valence-electron chi connectivity index (χ4n) is 3.78. The highest BCUT2D eigenvalue weighted by molar-refractivity contribution is 7.91. The van der Waals surface area contributed by atoms with Crippen LogP contribution < -0.4 is 4.74 Å². The molecule has 7 nitrogen and oxygen atoms in total. The van der Waals surface area contributed by atoms with Gasteiger partial charge in [-0.2, -0.15) is 18.3 Å². The second kappa shape index (κ2) is 9.23. The van der Waals surface area contributed by atoms with Crippen molar-refractivity contribution in [2.24, 2.45) is 0 Å². The molecule has 36 heavy (non-hydrogen) atoms. The Kier molecular flexibility index (Phi) is 6.58. The zero-order chi connectivity index (χ0) is 26.4. The minimum Gasteiger partial charge on any atom is -0.480 e. The number of sulfone groups is 1. The van der Waals surface area contributed by atoms with E-state index in [9.17, 15) is 30.8 Å². The lowest BCUT2D eigenvalue weighted by atomic mass is 10.1. The largest absolute Gasteiger partial charge is 0.480 e. The molecule has 1 atom stereocenters. The Hall–Kier alpha value is -3.41. The molecule has 0 radical (unpaired) electrons. The minimum absolute atomic E-state index is 0.00756. The van der Waals surface area contributed by atoms with E-state index < -0.39 is 33.8 Å². The van der Waals surface area contributed by atoms with Crippen LogP contribution in [0.25, 0.3) is 5.69 Å². The Bertz CT molecular complexity index is 1410. The van der Waals surface area contributed by atoms with Crippen LogP contribution in [0, 0.1) is 12.7 Å². The Morgan fingerprint density at radius 1 is 1.17 bits per heavy atom. The van der Waals surface area contributed by atoms with E-state index in [1.165, 1.54) is 22.6 Å². The van der Waals surface area contributed by atoms with Gasteiger partial charge in [0.05, 0.1) is 28.5 Å². The van der Waals surface area contributed by atoms with Crippen LogP contribution in [0.5, 0.6) is 5.75 Å². The van der Waals surface area contributed by atoms with Crippen LogP contribution >= 0.6 is 0 Å². The molecule has 1 amide bonds. The van der Waals surface area contributed by atoms with Crippen molar-refractivity contribution < 1.29 is 35.5 Å². The summed E-state index contributed by atoms with van der Waals surface area (Å²) in [5.74, 6) is -1.81. The summed E-state index contributed by atoms with van der Waals surface area (Å²) < 4.78 is 84.7. The number of nitrogens with zero attached hydrogens (tertiary/aromatic N) is 3. The molecule has 0 fully saturated rings. The number of amides is 1. The highest BCUT2D eigenvalue weighted by Gasteiger charge is 2.39. The number of ether oxygens (including phenoxy) is 1. The number of carbonyl (C=O) groups is 1. The van der Waals surface area contributed by atoms with Gasteiger partial charge in [0.25, 0.3) is 5.91 Å². The maximum atomic E-state index is 14.3. The molecule has 2 heterocycles. The SMILES string of the molecule is CCS(=O)(=O)c1ccc(OC(C)C(F)(F)F)c(C(=O)N2Cc3cn(-c4cc(C)ccc4F)nc3C2)c1. The third-order valence-electron chi connectivity index (χ3n) is 5.90. The molecule has 0 bridgehead atoms. The van der Waals surface area contributed by atoms with E-state index in [0.29, 0.717) is 11.3 Å². The van der Waals surface area contributed by atoms with Crippen LogP contribution in [0.1, 0.15) is 41.0 Å². The number of benzene rings is 2. The molecule has 1 aliphatic heterocycles. The molecule has 4 rings (SSSR count). The third-order valence-corrected chi connectivity index (χ3v) is 7.63. The first-order valence-corrected chi connectivity index (χ1v) is 12.7. The van der Waals surface area contributed by atoms with Crippen LogP contribution in [0.3, 0.4) is 0 Å². The Labute approximate surface area is 205 Å². The van der Waals surface area contributed by atoms with Crippen LogP contribution in [0.2, 0.25) is 0 Å². The van der Waals surface area contributed by atoms with Crippen molar-refractivity contribution >= 4 is 15.7 Å². The Morgan fingerprint density at radius 2 is 1.89 bits per heavy atom. The standard InChI is InChI=1S/C24H23F4N3O4S/c1-4-36(33,34)17-6-8-22(35-15(3)24(26,27)28)18(10-17)23(32)30-11-16-12-31(29-20(16)13-30)21-9-14(2)5-7-19(21)25/h5-10,12,15H,4,11,13H2,1-3H3. The predicted octanol–water partition coefficient (Wildman–Crippen LogP) is 4.60. The zero-order valence-electron chi connectivity index (χ0n) is 19.6. The van der Waals surface area contributed by atoms with Gasteiger partial charge in [0.2, 0.25) is 0 Å². The summed E-state index contributed by atoms with van der Waals surface area (Å²) in [6, 6.07) is 7.81. The molecule has 0 aliphatic carbocycles. The van der Waals surface area contributed by atoms with Crippen LogP contribution in [0.15, 0.2) is 47.5 Å². The number of carbonyl (C=O) groups excluding carboxylic acids is 1. The number of fused-ring (bicyclic) bond motifs is 1. The van der Waals surface area contributed by atoms with E-state index in [1.54, 1.807) is 18.3 Å². The van der Waals surface area contributed by atoms with Gasteiger partial charge in [-0.25, -0.2) is 17.5 Å². The average Bonchev–Trinajstić information content (AvgIpc) is 3.39. The molecule has 0 saturated carbocycles. The fraction of sp³-hybridized carbons (Fsp3) is 0.333. The highest BCUT2D eigenvalue weighted by atomic mass is 32.2. The van der Waals surface area contributed by atoms with Gasteiger partial charge in [0.1, 0.15) is 17.3 Å². The van der Waals surface area contributed by atoms with E-state index in [-0.39, 0.29) is 40.7 Å². The molecule has 12 heteroatoms. The summed E-state index contributed by atoms with van der Waals surface area (Å²) in [6.07, 6.45) is -5.32. The molecule has 0 saturated heterocycles. The smallest absolute Gasteiger partial charge is 0.425 e. The van der Waals surface area contributed by atoms with Gasteiger partial charge < -0.3 is 9.64 Å². The summed E-state index contributed by atoms with van der Waals surface area (Å²) >= 11 is 0. The van der Waals surface area contributed by atoms with Gasteiger partial charge in [-0.1, -0.05) is 13.0 Å². The second-order valence-electron chi connectivity index (χ2n) is 8.52. The first-order chi connectivity index (χ1) is 16.8. The molecule has 0 N–H and O–H groups in total. The topological polar surface area (TPSA) is 81.5 Å². The van der Waals surface area contributed by atoms with E-state index in [2.05, 4.69) is 5.10 Å². The molecule has 1 aliphatic rings. The molecule has 3 aromatic rings. The molecular weight excluding hydrogens is 502 g/mol. The summed E-state index contributed by atoms with van der Waals surface area (Å²) in [4.78, 5) is 14.5.